The van der Waals surface area contributed by atoms with Crippen molar-refractivity contribution in [2.75, 3.05) is 7.11 Å². The third kappa shape index (κ3) is 2.74. The molecule has 0 bridgehead atoms. The van der Waals surface area contributed by atoms with Gasteiger partial charge in [0, 0.05) is 6.07 Å². The van der Waals surface area contributed by atoms with E-state index in [9.17, 15) is 18.4 Å². The number of esters is 1. The largest absolute Gasteiger partial charge is 0.469 e. The van der Waals surface area contributed by atoms with Crippen LogP contribution in [0.1, 0.15) is 12.8 Å². The van der Waals surface area contributed by atoms with E-state index in [1.807, 2.05) is 0 Å². The number of hydrogen-bond acceptors (Lipinski definition) is 4. The molecule has 0 saturated heterocycles. The summed E-state index contributed by atoms with van der Waals surface area (Å²) in [6.45, 7) is 0.0302. The lowest BCUT2D eigenvalue weighted by molar-refractivity contribution is -0.147. The predicted octanol–water partition coefficient (Wildman–Crippen LogP) is 2.14. The topological polar surface area (TPSA) is 61.2 Å². The molecule has 1 saturated carbocycles. The van der Waals surface area contributed by atoms with Gasteiger partial charge < -0.3 is 4.74 Å². The first-order chi connectivity index (χ1) is 11.0. The monoisotopic (exact) mass is 320 g/mol. The van der Waals surface area contributed by atoms with Crippen LogP contribution >= 0.6 is 0 Å². The number of rotatable bonds is 4. The Bertz CT molecular complexity index is 808. The maximum absolute atomic E-state index is 13.9. The Hall–Kier alpha value is -2.57. The summed E-state index contributed by atoms with van der Waals surface area (Å²) >= 11 is 0. The first-order valence-corrected chi connectivity index (χ1v) is 7.08. The fourth-order valence-electron chi connectivity index (χ4n) is 2.52. The van der Waals surface area contributed by atoms with Crippen molar-refractivity contribution in [1.82, 2.24) is 9.78 Å². The highest BCUT2D eigenvalue weighted by molar-refractivity contribution is 5.79. The first-order valence-electron chi connectivity index (χ1n) is 7.08. The summed E-state index contributed by atoms with van der Waals surface area (Å²) in [6, 6.07) is 5.93. The molecule has 7 heteroatoms. The zero-order valence-corrected chi connectivity index (χ0v) is 12.4. The van der Waals surface area contributed by atoms with Crippen LogP contribution in [0.3, 0.4) is 0 Å². The van der Waals surface area contributed by atoms with Crippen molar-refractivity contribution in [2.45, 2.75) is 19.4 Å². The number of nitrogens with zero attached hydrogens (tertiary/aromatic N) is 2. The van der Waals surface area contributed by atoms with E-state index < -0.39 is 28.6 Å². The van der Waals surface area contributed by atoms with E-state index >= 15 is 0 Å². The normalized spacial score (nSPS) is 15.3. The maximum atomic E-state index is 13.9. The van der Waals surface area contributed by atoms with Gasteiger partial charge in [0.2, 0.25) is 0 Å². The van der Waals surface area contributed by atoms with Crippen LogP contribution < -0.4 is 5.56 Å². The van der Waals surface area contributed by atoms with E-state index in [-0.39, 0.29) is 17.8 Å². The highest BCUT2D eigenvalue weighted by Gasteiger charge is 2.51. The summed E-state index contributed by atoms with van der Waals surface area (Å²) in [6.07, 6.45) is 1.18. The van der Waals surface area contributed by atoms with Gasteiger partial charge in [-0.25, -0.2) is 13.5 Å². The van der Waals surface area contributed by atoms with Crippen LogP contribution in [0.15, 0.2) is 35.1 Å². The lowest BCUT2D eigenvalue weighted by atomic mass is 10.1. The fraction of sp³-hybridized carbons (Fsp3) is 0.312. The van der Waals surface area contributed by atoms with Gasteiger partial charge in [0.25, 0.3) is 5.56 Å². The standard InChI is InChI=1S/C16H14F2N2O3/c1-23-15(22)16(7-8-16)9-20-13(21)6-5-12(19-20)14-10(17)3-2-4-11(14)18/h2-6H,7-9H2,1H3. The SMILES string of the molecule is COC(=O)C1(Cn2nc(-c3c(F)cccc3F)ccc2=O)CC1. The van der Waals surface area contributed by atoms with Gasteiger partial charge in [0.15, 0.2) is 0 Å². The molecular weight excluding hydrogens is 306 g/mol. The summed E-state index contributed by atoms with van der Waals surface area (Å²) in [5.41, 5.74) is -1.51. The van der Waals surface area contributed by atoms with Crippen LogP contribution in [0.2, 0.25) is 0 Å². The van der Waals surface area contributed by atoms with Gasteiger partial charge in [-0.1, -0.05) is 6.07 Å². The lowest BCUT2D eigenvalue weighted by Gasteiger charge is -2.14. The molecule has 3 rings (SSSR count). The highest BCUT2D eigenvalue weighted by Crippen LogP contribution is 2.47. The molecule has 1 fully saturated rings. The zero-order valence-electron chi connectivity index (χ0n) is 12.4. The van der Waals surface area contributed by atoms with Gasteiger partial charge in [-0.15, -0.1) is 0 Å². The van der Waals surface area contributed by atoms with Crippen molar-refractivity contribution in [3.63, 3.8) is 0 Å². The summed E-state index contributed by atoms with van der Waals surface area (Å²) in [7, 11) is 1.28. The molecule has 1 aromatic carbocycles. The average molecular weight is 320 g/mol. The Labute approximate surface area is 130 Å². The maximum Gasteiger partial charge on any atom is 0.313 e. The molecule has 5 nitrogen and oxygen atoms in total. The smallest absolute Gasteiger partial charge is 0.313 e. The molecule has 0 amide bonds. The summed E-state index contributed by atoms with van der Waals surface area (Å²) in [5, 5.41) is 4.02. The number of carbonyl (C=O) groups excluding carboxylic acids is 1. The molecule has 0 radical (unpaired) electrons. The molecule has 0 aliphatic heterocycles. The number of carbonyl (C=O) groups is 1. The highest BCUT2D eigenvalue weighted by atomic mass is 19.1. The number of benzene rings is 1. The van der Waals surface area contributed by atoms with Crippen LogP contribution in [0.25, 0.3) is 11.3 Å². The molecule has 1 heterocycles. The van der Waals surface area contributed by atoms with Gasteiger partial charge >= 0.3 is 5.97 Å². The molecular formula is C16H14F2N2O3. The minimum atomic E-state index is -0.767. The van der Waals surface area contributed by atoms with Crippen LogP contribution in [-0.4, -0.2) is 22.9 Å². The minimum Gasteiger partial charge on any atom is -0.469 e. The van der Waals surface area contributed by atoms with E-state index in [0.29, 0.717) is 12.8 Å². The molecule has 1 aromatic heterocycles. The van der Waals surface area contributed by atoms with Crippen molar-refractivity contribution < 1.29 is 18.3 Å². The van der Waals surface area contributed by atoms with Crippen molar-refractivity contribution in [2.24, 2.45) is 5.41 Å². The van der Waals surface area contributed by atoms with Gasteiger partial charge in [0.1, 0.15) is 11.6 Å². The molecule has 23 heavy (non-hydrogen) atoms. The van der Waals surface area contributed by atoms with Crippen molar-refractivity contribution >= 4 is 5.97 Å². The Kier molecular flexibility index (Phi) is 3.71. The van der Waals surface area contributed by atoms with E-state index in [2.05, 4.69) is 5.10 Å². The number of halogens is 2. The molecule has 0 unspecified atom stereocenters. The third-order valence-electron chi connectivity index (χ3n) is 4.01. The fourth-order valence-corrected chi connectivity index (χ4v) is 2.52. The van der Waals surface area contributed by atoms with Crippen molar-refractivity contribution in [3.8, 4) is 11.3 Å². The number of methoxy groups -OCH3 is 1. The number of hydrogen-bond donors (Lipinski definition) is 0. The van der Waals surface area contributed by atoms with E-state index in [4.69, 9.17) is 4.74 Å². The van der Waals surface area contributed by atoms with Gasteiger partial charge in [0.05, 0.1) is 30.3 Å². The predicted molar refractivity (Wildman–Crippen MR) is 77.5 cm³/mol. The van der Waals surface area contributed by atoms with Crippen LogP contribution in [0.4, 0.5) is 8.78 Å². The van der Waals surface area contributed by atoms with Crippen LogP contribution in [-0.2, 0) is 16.1 Å². The summed E-state index contributed by atoms with van der Waals surface area (Å²) in [5.74, 6) is -1.94. The van der Waals surface area contributed by atoms with Gasteiger partial charge in [-0.05, 0) is 31.0 Å². The summed E-state index contributed by atoms with van der Waals surface area (Å²) < 4.78 is 33.5. The molecule has 0 N–H and O–H groups in total. The quantitative estimate of drug-likeness (QED) is 0.810. The first kappa shape index (κ1) is 15.3. The van der Waals surface area contributed by atoms with Crippen molar-refractivity contribution in [1.29, 1.82) is 0 Å². The number of aromatic nitrogens is 2. The molecule has 0 atom stereocenters. The van der Waals surface area contributed by atoms with E-state index in [0.717, 1.165) is 16.8 Å². The lowest BCUT2D eigenvalue weighted by Crippen LogP contribution is -2.31. The Morgan fingerprint density at radius 1 is 1.26 bits per heavy atom. The van der Waals surface area contributed by atoms with Crippen LogP contribution in [0, 0.1) is 17.0 Å². The zero-order chi connectivity index (χ0) is 16.6. The molecule has 120 valence electrons. The second-order valence-corrected chi connectivity index (χ2v) is 5.58. The molecule has 2 aromatic rings. The van der Waals surface area contributed by atoms with E-state index in [1.54, 1.807) is 0 Å². The van der Waals surface area contributed by atoms with Crippen molar-refractivity contribution in [3.05, 3.63) is 52.3 Å². The average Bonchev–Trinajstić information content (AvgIpc) is 3.30. The summed E-state index contributed by atoms with van der Waals surface area (Å²) in [4.78, 5) is 23.7. The van der Waals surface area contributed by atoms with Gasteiger partial charge in [-0.2, -0.15) is 5.10 Å². The third-order valence-corrected chi connectivity index (χ3v) is 4.01. The second kappa shape index (κ2) is 5.57. The molecule has 1 aliphatic carbocycles. The van der Waals surface area contributed by atoms with E-state index in [1.165, 1.54) is 25.3 Å². The molecule has 1 aliphatic rings. The molecule has 0 spiro atoms. The van der Waals surface area contributed by atoms with Crippen LogP contribution in [0.5, 0.6) is 0 Å². The Balaban J connectivity index is 2.01. The minimum absolute atomic E-state index is 0.000802. The number of ether oxygens (including phenoxy) is 1. The second-order valence-electron chi connectivity index (χ2n) is 5.58. The van der Waals surface area contributed by atoms with Gasteiger partial charge in [-0.3, -0.25) is 9.59 Å². The Morgan fingerprint density at radius 3 is 2.48 bits per heavy atom. The Morgan fingerprint density at radius 2 is 1.91 bits per heavy atom.